The second-order valence-corrected chi connectivity index (χ2v) is 5.17. The van der Waals surface area contributed by atoms with E-state index in [0.29, 0.717) is 11.8 Å². The van der Waals surface area contributed by atoms with Gasteiger partial charge in [-0.1, -0.05) is 31.2 Å². The molecular weight excluding hydrogens is 278 g/mol. The number of amides is 1. The van der Waals surface area contributed by atoms with E-state index in [1.165, 1.54) is 12.5 Å². The molecule has 1 amide bonds. The Kier molecular flexibility index (Phi) is 5.04. The fourth-order valence-electron chi connectivity index (χ4n) is 2.08. The van der Waals surface area contributed by atoms with E-state index < -0.39 is 0 Å². The van der Waals surface area contributed by atoms with Crippen molar-refractivity contribution < 1.29 is 4.79 Å². The van der Waals surface area contributed by atoms with Gasteiger partial charge in [-0.2, -0.15) is 15.0 Å². The van der Waals surface area contributed by atoms with Crippen molar-refractivity contribution in [2.45, 2.75) is 40.2 Å². The van der Waals surface area contributed by atoms with Crippen LogP contribution in [0.4, 0.5) is 11.9 Å². The minimum atomic E-state index is -0.209. The minimum absolute atomic E-state index is 0.0536. The van der Waals surface area contributed by atoms with Gasteiger partial charge in [-0.3, -0.25) is 10.1 Å². The van der Waals surface area contributed by atoms with Crippen molar-refractivity contribution >= 4 is 17.8 Å². The summed E-state index contributed by atoms with van der Waals surface area (Å²) in [4.78, 5) is 23.7. The van der Waals surface area contributed by atoms with Crippen LogP contribution >= 0.6 is 0 Å². The summed E-state index contributed by atoms with van der Waals surface area (Å²) in [5, 5.41) is 5.81. The lowest BCUT2D eigenvalue weighted by Crippen LogP contribution is -2.15. The van der Waals surface area contributed by atoms with Crippen LogP contribution in [0.1, 0.15) is 43.8 Å². The fourth-order valence-corrected chi connectivity index (χ4v) is 2.08. The van der Waals surface area contributed by atoms with Gasteiger partial charge in [0.05, 0.1) is 6.04 Å². The number of carbonyl (C=O) groups is 1. The van der Waals surface area contributed by atoms with Crippen LogP contribution in [-0.4, -0.2) is 20.9 Å². The van der Waals surface area contributed by atoms with Crippen LogP contribution in [0.3, 0.4) is 0 Å². The molecule has 116 valence electrons. The zero-order chi connectivity index (χ0) is 16.1. The SMILES string of the molecule is CCc1ccc(C(C)Nc2nc(C)nc(NC(C)=O)n2)cc1. The Bertz CT molecular complexity index is 654. The second kappa shape index (κ2) is 6.98. The molecule has 2 rings (SSSR count). The van der Waals surface area contributed by atoms with Crippen LogP contribution in [-0.2, 0) is 11.2 Å². The second-order valence-electron chi connectivity index (χ2n) is 5.17. The molecule has 1 aromatic carbocycles. The standard InChI is InChI=1S/C16H21N5O/c1-5-13-6-8-14(9-7-13)10(2)17-15-18-11(3)19-16(21-15)20-12(4)22/h6-10H,5H2,1-4H3,(H2,17,18,19,20,21,22). The topological polar surface area (TPSA) is 79.8 Å². The van der Waals surface area contributed by atoms with Gasteiger partial charge < -0.3 is 5.32 Å². The molecule has 6 heteroatoms. The van der Waals surface area contributed by atoms with E-state index in [4.69, 9.17) is 0 Å². The van der Waals surface area contributed by atoms with Crippen molar-refractivity contribution in [3.8, 4) is 0 Å². The highest BCUT2D eigenvalue weighted by Crippen LogP contribution is 2.18. The summed E-state index contributed by atoms with van der Waals surface area (Å²) in [5.41, 5.74) is 2.45. The van der Waals surface area contributed by atoms with E-state index in [2.05, 4.69) is 56.8 Å². The van der Waals surface area contributed by atoms with E-state index in [-0.39, 0.29) is 17.9 Å². The zero-order valence-electron chi connectivity index (χ0n) is 13.3. The Balaban J connectivity index is 2.14. The van der Waals surface area contributed by atoms with Crippen LogP contribution in [0.5, 0.6) is 0 Å². The molecule has 1 aromatic heterocycles. The molecule has 1 heterocycles. The van der Waals surface area contributed by atoms with E-state index in [1.54, 1.807) is 6.92 Å². The van der Waals surface area contributed by atoms with Gasteiger partial charge >= 0.3 is 0 Å². The highest BCUT2D eigenvalue weighted by molar-refractivity contribution is 5.86. The normalized spacial score (nSPS) is 11.8. The van der Waals surface area contributed by atoms with Gasteiger partial charge in [0.1, 0.15) is 5.82 Å². The van der Waals surface area contributed by atoms with Gasteiger partial charge in [-0.25, -0.2) is 0 Å². The summed E-state index contributed by atoms with van der Waals surface area (Å²) in [6.07, 6.45) is 1.02. The molecule has 0 aliphatic rings. The Morgan fingerprint density at radius 2 is 1.77 bits per heavy atom. The van der Waals surface area contributed by atoms with Gasteiger partial charge in [0, 0.05) is 6.92 Å². The maximum absolute atomic E-state index is 11.1. The number of hydrogen-bond acceptors (Lipinski definition) is 5. The molecule has 2 N–H and O–H groups in total. The molecule has 0 radical (unpaired) electrons. The van der Waals surface area contributed by atoms with E-state index in [9.17, 15) is 4.79 Å². The summed E-state index contributed by atoms with van der Waals surface area (Å²) < 4.78 is 0. The average molecular weight is 299 g/mol. The Morgan fingerprint density at radius 1 is 1.14 bits per heavy atom. The lowest BCUT2D eigenvalue weighted by Gasteiger charge is -2.15. The first-order valence-electron chi connectivity index (χ1n) is 7.33. The number of aromatic nitrogens is 3. The summed E-state index contributed by atoms with van der Waals surface area (Å²) in [6.45, 7) is 7.36. The fraction of sp³-hybridized carbons (Fsp3) is 0.375. The quantitative estimate of drug-likeness (QED) is 0.887. The minimum Gasteiger partial charge on any atom is -0.348 e. The first-order chi connectivity index (χ1) is 10.5. The lowest BCUT2D eigenvalue weighted by atomic mass is 10.1. The van der Waals surface area contributed by atoms with Crippen LogP contribution in [0.25, 0.3) is 0 Å². The number of carbonyl (C=O) groups excluding carboxylic acids is 1. The van der Waals surface area contributed by atoms with Crippen LogP contribution in [0.2, 0.25) is 0 Å². The molecule has 0 bridgehead atoms. The number of hydrogen-bond donors (Lipinski definition) is 2. The predicted molar refractivity (Wildman–Crippen MR) is 86.7 cm³/mol. The largest absolute Gasteiger partial charge is 0.348 e. The van der Waals surface area contributed by atoms with Crippen molar-refractivity contribution in [3.63, 3.8) is 0 Å². The summed E-state index contributed by atoms with van der Waals surface area (Å²) in [7, 11) is 0. The molecule has 0 aliphatic carbocycles. The molecular formula is C16H21N5O. The van der Waals surface area contributed by atoms with E-state index in [0.717, 1.165) is 12.0 Å². The predicted octanol–water partition coefficient (Wildman–Crippen LogP) is 2.87. The molecule has 22 heavy (non-hydrogen) atoms. The van der Waals surface area contributed by atoms with Gasteiger partial charge in [0.25, 0.3) is 0 Å². The van der Waals surface area contributed by atoms with E-state index >= 15 is 0 Å². The summed E-state index contributed by atoms with van der Waals surface area (Å²) in [6, 6.07) is 8.49. The third kappa shape index (κ3) is 4.25. The molecule has 2 aromatic rings. The maximum atomic E-state index is 11.1. The number of benzene rings is 1. The van der Waals surface area contributed by atoms with Crippen LogP contribution in [0, 0.1) is 6.92 Å². The molecule has 0 fully saturated rings. The van der Waals surface area contributed by atoms with Crippen molar-refractivity contribution in [1.82, 2.24) is 15.0 Å². The molecule has 1 unspecified atom stereocenters. The van der Waals surface area contributed by atoms with Crippen molar-refractivity contribution in [2.75, 3.05) is 10.6 Å². The molecule has 0 saturated carbocycles. The third-order valence-corrected chi connectivity index (χ3v) is 3.27. The number of nitrogens with one attached hydrogen (secondary N) is 2. The average Bonchev–Trinajstić information content (AvgIpc) is 2.46. The first-order valence-corrected chi connectivity index (χ1v) is 7.33. The van der Waals surface area contributed by atoms with Crippen LogP contribution in [0.15, 0.2) is 24.3 Å². The summed E-state index contributed by atoms with van der Waals surface area (Å²) in [5.74, 6) is 1.05. The molecule has 6 nitrogen and oxygen atoms in total. The summed E-state index contributed by atoms with van der Waals surface area (Å²) >= 11 is 0. The number of anilines is 2. The highest BCUT2D eigenvalue weighted by atomic mass is 16.1. The van der Waals surface area contributed by atoms with Crippen molar-refractivity contribution in [3.05, 3.63) is 41.2 Å². The lowest BCUT2D eigenvalue weighted by molar-refractivity contribution is -0.114. The smallest absolute Gasteiger partial charge is 0.234 e. The van der Waals surface area contributed by atoms with Crippen molar-refractivity contribution in [2.24, 2.45) is 0 Å². The molecule has 0 spiro atoms. The third-order valence-electron chi connectivity index (χ3n) is 3.27. The van der Waals surface area contributed by atoms with Gasteiger partial charge in [-0.05, 0) is 31.4 Å². The monoisotopic (exact) mass is 299 g/mol. The van der Waals surface area contributed by atoms with Crippen LogP contribution < -0.4 is 10.6 Å². The molecule has 1 atom stereocenters. The number of rotatable bonds is 5. The Hall–Kier alpha value is -2.50. The number of nitrogens with zero attached hydrogens (tertiary/aromatic N) is 3. The molecule has 0 aliphatic heterocycles. The van der Waals surface area contributed by atoms with Gasteiger partial charge in [0.2, 0.25) is 17.8 Å². The molecule has 0 saturated heterocycles. The van der Waals surface area contributed by atoms with Gasteiger partial charge in [0.15, 0.2) is 0 Å². The Labute approximate surface area is 130 Å². The highest BCUT2D eigenvalue weighted by Gasteiger charge is 2.10. The number of aryl methyl sites for hydroxylation is 2. The zero-order valence-corrected chi connectivity index (χ0v) is 13.3. The van der Waals surface area contributed by atoms with Crippen molar-refractivity contribution in [1.29, 1.82) is 0 Å². The van der Waals surface area contributed by atoms with Gasteiger partial charge in [-0.15, -0.1) is 0 Å². The Morgan fingerprint density at radius 3 is 2.36 bits per heavy atom. The first kappa shape index (κ1) is 15.9. The maximum Gasteiger partial charge on any atom is 0.234 e. The van der Waals surface area contributed by atoms with E-state index in [1.807, 2.05) is 6.92 Å².